The highest BCUT2D eigenvalue weighted by Crippen LogP contribution is 2.23. The van der Waals surface area contributed by atoms with Gasteiger partial charge in [0.1, 0.15) is 0 Å². The van der Waals surface area contributed by atoms with Crippen molar-refractivity contribution < 1.29 is 9.53 Å². The highest BCUT2D eigenvalue weighted by molar-refractivity contribution is 5.85. The van der Waals surface area contributed by atoms with E-state index >= 15 is 0 Å². The Bertz CT molecular complexity index is 247. The molecule has 5 heteroatoms. The van der Waals surface area contributed by atoms with Crippen molar-refractivity contribution in [2.24, 2.45) is 11.7 Å². The quantitative estimate of drug-likeness (QED) is 0.808. The Morgan fingerprint density at radius 3 is 2.65 bits per heavy atom. The van der Waals surface area contributed by atoms with Crippen molar-refractivity contribution in [1.29, 1.82) is 0 Å². The minimum absolute atomic E-state index is 0. The first-order chi connectivity index (χ1) is 7.44. The lowest BCUT2D eigenvalue weighted by molar-refractivity contribution is -0.127. The van der Waals surface area contributed by atoms with Gasteiger partial charge in [-0.25, -0.2) is 0 Å². The lowest BCUT2D eigenvalue weighted by Gasteiger charge is -2.28. The topological polar surface area (TPSA) is 64.3 Å². The van der Waals surface area contributed by atoms with Crippen molar-refractivity contribution in [3.63, 3.8) is 0 Å². The zero-order valence-electron chi connectivity index (χ0n) is 11.0. The van der Waals surface area contributed by atoms with Crippen LogP contribution in [0.5, 0.6) is 0 Å². The van der Waals surface area contributed by atoms with Gasteiger partial charge in [-0.2, -0.15) is 0 Å². The molecule has 0 aromatic carbocycles. The summed E-state index contributed by atoms with van der Waals surface area (Å²) in [6.45, 7) is 4.47. The summed E-state index contributed by atoms with van der Waals surface area (Å²) in [6, 6.07) is 0.194. The predicted octanol–water partition coefficient (Wildman–Crippen LogP) is 1.47. The van der Waals surface area contributed by atoms with Crippen LogP contribution in [0.25, 0.3) is 0 Å². The number of carbonyl (C=O) groups is 1. The summed E-state index contributed by atoms with van der Waals surface area (Å²) >= 11 is 0. The summed E-state index contributed by atoms with van der Waals surface area (Å²) in [5.74, 6) is 0.219. The molecule has 1 aliphatic rings. The first-order valence-electron chi connectivity index (χ1n) is 6.03. The molecule has 17 heavy (non-hydrogen) atoms. The summed E-state index contributed by atoms with van der Waals surface area (Å²) in [7, 11) is 1.66. The SMILES string of the molecule is COC(C)(C)CNC(=O)C1CCCC(N)C1.Cl. The Labute approximate surface area is 110 Å². The average Bonchev–Trinajstić information content (AvgIpc) is 2.26. The molecular weight excluding hydrogens is 240 g/mol. The van der Waals surface area contributed by atoms with Crippen LogP contribution in [0.2, 0.25) is 0 Å². The molecule has 2 unspecified atom stereocenters. The predicted molar refractivity (Wildman–Crippen MR) is 71.3 cm³/mol. The fraction of sp³-hybridized carbons (Fsp3) is 0.917. The van der Waals surface area contributed by atoms with Crippen LogP contribution in [-0.2, 0) is 9.53 Å². The van der Waals surface area contributed by atoms with Gasteiger partial charge in [0.2, 0.25) is 5.91 Å². The molecule has 0 aromatic heterocycles. The number of halogens is 1. The van der Waals surface area contributed by atoms with E-state index in [0.29, 0.717) is 6.54 Å². The Kier molecular flexibility index (Phi) is 7.05. The summed E-state index contributed by atoms with van der Waals surface area (Å²) in [5, 5.41) is 2.94. The van der Waals surface area contributed by atoms with E-state index in [0.717, 1.165) is 25.7 Å². The van der Waals surface area contributed by atoms with Crippen LogP contribution in [0.4, 0.5) is 0 Å². The van der Waals surface area contributed by atoms with Crippen molar-refractivity contribution in [2.75, 3.05) is 13.7 Å². The molecule has 1 aliphatic carbocycles. The highest BCUT2D eigenvalue weighted by atomic mass is 35.5. The zero-order valence-corrected chi connectivity index (χ0v) is 11.8. The Morgan fingerprint density at radius 2 is 2.12 bits per heavy atom. The molecule has 0 heterocycles. The second-order valence-electron chi connectivity index (χ2n) is 5.31. The Morgan fingerprint density at radius 1 is 1.47 bits per heavy atom. The number of carbonyl (C=O) groups excluding carboxylic acids is 1. The molecule has 102 valence electrons. The third-order valence-corrected chi connectivity index (χ3v) is 3.33. The maximum Gasteiger partial charge on any atom is 0.223 e. The molecule has 0 bridgehead atoms. The van der Waals surface area contributed by atoms with Crippen LogP contribution < -0.4 is 11.1 Å². The number of ether oxygens (including phenoxy) is 1. The van der Waals surface area contributed by atoms with Crippen LogP contribution in [0, 0.1) is 5.92 Å². The van der Waals surface area contributed by atoms with Crippen molar-refractivity contribution in [3.8, 4) is 0 Å². The summed E-state index contributed by atoms with van der Waals surface area (Å²) in [6.07, 6.45) is 3.90. The van der Waals surface area contributed by atoms with Crippen molar-refractivity contribution in [3.05, 3.63) is 0 Å². The molecule has 2 atom stereocenters. The van der Waals surface area contributed by atoms with Crippen molar-refractivity contribution in [1.82, 2.24) is 5.32 Å². The molecule has 0 saturated heterocycles. The standard InChI is InChI=1S/C12H24N2O2.ClH/c1-12(2,16-3)8-14-11(15)9-5-4-6-10(13)7-9;/h9-10H,4-8,13H2,1-3H3,(H,14,15);1H. The molecule has 1 fully saturated rings. The molecule has 1 saturated carbocycles. The van der Waals surface area contributed by atoms with Crippen LogP contribution in [-0.4, -0.2) is 31.2 Å². The van der Waals surface area contributed by atoms with Gasteiger partial charge in [-0.05, 0) is 33.1 Å². The minimum Gasteiger partial charge on any atom is -0.377 e. The molecule has 0 spiro atoms. The average molecular weight is 265 g/mol. The second kappa shape index (κ2) is 7.19. The van der Waals surface area contributed by atoms with E-state index in [2.05, 4.69) is 5.32 Å². The molecular formula is C12H25ClN2O2. The van der Waals surface area contributed by atoms with E-state index in [4.69, 9.17) is 10.5 Å². The highest BCUT2D eigenvalue weighted by Gasteiger charge is 2.26. The number of methoxy groups -OCH3 is 1. The third kappa shape index (κ3) is 5.70. The number of amides is 1. The van der Waals surface area contributed by atoms with E-state index < -0.39 is 0 Å². The van der Waals surface area contributed by atoms with Crippen LogP contribution in [0.1, 0.15) is 39.5 Å². The van der Waals surface area contributed by atoms with E-state index in [-0.39, 0.29) is 35.9 Å². The molecule has 3 N–H and O–H groups in total. The van der Waals surface area contributed by atoms with Crippen LogP contribution >= 0.6 is 12.4 Å². The maximum atomic E-state index is 11.9. The smallest absolute Gasteiger partial charge is 0.223 e. The second-order valence-corrected chi connectivity index (χ2v) is 5.31. The number of nitrogens with one attached hydrogen (secondary N) is 1. The monoisotopic (exact) mass is 264 g/mol. The third-order valence-electron chi connectivity index (χ3n) is 3.33. The Balaban J connectivity index is 0.00000256. The Hall–Kier alpha value is -0.320. The van der Waals surface area contributed by atoms with Gasteiger partial charge in [0.25, 0.3) is 0 Å². The number of nitrogens with two attached hydrogens (primary N) is 1. The molecule has 4 nitrogen and oxygen atoms in total. The van der Waals surface area contributed by atoms with Crippen LogP contribution in [0.15, 0.2) is 0 Å². The van der Waals surface area contributed by atoms with Gasteiger partial charge in [-0.1, -0.05) is 6.42 Å². The largest absolute Gasteiger partial charge is 0.377 e. The first kappa shape index (κ1) is 16.7. The fourth-order valence-corrected chi connectivity index (χ4v) is 1.98. The van der Waals surface area contributed by atoms with E-state index in [1.165, 1.54) is 0 Å². The van der Waals surface area contributed by atoms with E-state index in [9.17, 15) is 4.79 Å². The zero-order chi connectivity index (χ0) is 12.2. The molecule has 1 rings (SSSR count). The fourth-order valence-electron chi connectivity index (χ4n) is 1.98. The van der Waals surface area contributed by atoms with Gasteiger partial charge in [0, 0.05) is 25.6 Å². The van der Waals surface area contributed by atoms with Gasteiger partial charge >= 0.3 is 0 Å². The van der Waals surface area contributed by atoms with Gasteiger partial charge in [0.05, 0.1) is 5.60 Å². The van der Waals surface area contributed by atoms with Crippen molar-refractivity contribution >= 4 is 18.3 Å². The molecule has 0 aromatic rings. The van der Waals surface area contributed by atoms with Gasteiger partial charge in [-0.15, -0.1) is 12.4 Å². The summed E-state index contributed by atoms with van der Waals surface area (Å²) in [5.41, 5.74) is 5.57. The number of hydrogen-bond acceptors (Lipinski definition) is 3. The van der Waals surface area contributed by atoms with E-state index in [1.54, 1.807) is 7.11 Å². The van der Waals surface area contributed by atoms with Gasteiger partial charge in [-0.3, -0.25) is 4.79 Å². The van der Waals surface area contributed by atoms with Crippen LogP contribution in [0.3, 0.4) is 0 Å². The molecule has 0 radical (unpaired) electrons. The maximum absolute atomic E-state index is 11.9. The first-order valence-corrected chi connectivity index (χ1v) is 6.03. The number of hydrogen-bond donors (Lipinski definition) is 2. The lowest BCUT2D eigenvalue weighted by Crippen LogP contribution is -2.44. The summed E-state index contributed by atoms with van der Waals surface area (Å²) in [4.78, 5) is 11.9. The van der Waals surface area contributed by atoms with Gasteiger partial charge in [0.15, 0.2) is 0 Å². The normalized spacial score (nSPS) is 24.9. The summed E-state index contributed by atoms with van der Waals surface area (Å²) < 4.78 is 5.26. The number of rotatable bonds is 4. The molecule has 1 amide bonds. The van der Waals surface area contributed by atoms with Crippen molar-refractivity contribution in [2.45, 2.75) is 51.2 Å². The van der Waals surface area contributed by atoms with Gasteiger partial charge < -0.3 is 15.8 Å². The lowest BCUT2D eigenvalue weighted by atomic mass is 9.85. The molecule has 0 aliphatic heterocycles. The van der Waals surface area contributed by atoms with E-state index in [1.807, 2.05) is 13.8 Å². The minimum atomic E-state index is -0.299.